The van der Waals surface area contributed by atoms with E-state index in [9.17, 15) is 18.0 Å². The maximum atomic E-state index is 12.0. The van der Waals surface area contributed by atoms with Crippen LogP contribution in [0, 0.1) is 0 Å². The minimum absolute atomic E-state index is 0.0952. The van der Waals surface area contributed by atoms with Gasteiger partial charge in [0, 0.05) is 19.3 Å². The van der Waals surface area contributed by atoms with Crippen molar-refractivity contribution < 1.29 is 23.1 Å². The van der Waals surface area contributed by atoms with E-state index in [2.05, 4.69) is 5.32 Å². The van der Waals surface area contributed by atoms with E-state index in [0.29, 0.717) is 6.42 Å². The second-order valence-corrected chi connectivity index (χ2v) is 5.95. The number of nitrogens with zero attached hydrogens (tertiary/aromatic N) is 1. The van der Waals surface area contributed by atoms with E-state index in [1.165, 1.54) is 17.8 Å². The van der Waals surface area contributed by atoms with Crippen LogP contribution in [0.5, 0.6) is 0 Å². The summed E-state index contributed by atoms with van der Waals surface area (Å²) in [4.78, 5) is 22.5. The van der Waals surface area contributed by atoms with Gasteiger partial charge in [-0.15, -0.1) is 0 Å². The lowest BCUT2D eigenvalue weighted by Gasteiger charge is -2.14. The molecule has 1 aromatic rings. The van der Waals surface area contributed by atoms with E-state index in [0.717, 1.165) is 6.07 Å². The molecule has 0 radical (unpaired) electrons. The number of carboxylic acids is 1. The molecule has 4 N–H and O–H groups in total. The molecule has 9 heteroatoms. The third-order valence-electron chi connectivity index (χ3n) is 2.79. The average molecular weight is 303 g/mol. The van der Waals surface area contributed by atoms with Crippen LogP contribution in [0.4, 0.5) is 0 Å². The van der Waals surface area contributed by atoms with Crippen LogP contribution in [0.25, 0.3) is 0 Å². The Balaban J connectivity index is 2.93. The highest BCUT2D eigenvalue weighted by atomic mass is 32.2. The smallest absolute Gasteiger partial charge is 0.305 e. The number of aliphatic carboxylic acids is 1. The van der Waals surface area contributed by atoms with Gasteiger partial charge < -0.3 is 15.0 Å². The molecule has 112 valence electrons. The first kappa shape index (κ1) is 16.2. The molecule has 1 heterocycles. The predicted molar refractivity (Wildman–Crippen MR) is 70.6 cm³/mol. The fraction of sp³-hybridized carbons (Fsp3) is 0.455. The van der Waals surface area contributed by atoms with Gasteiger partial charge in [-0.05, 0) is 12.5 Å². The fourth-order valence-electron chi connectivity index (χ4n) is 1.68. The van der Waals surface area contributed by atoms with Crippen molar-refractivity contribution in [1.29, 1.82) is 0 Å². The van der Waals surface area contributed by atoms with Gasteiger partial charge in [-0.25, -0.2) is 13.6 Å². The largest absolute Gasteiger partial charge is 0.481 e. The van der Waals surface area contributed by atoms with Crippen molar-refractivity contribution in [2.75, 3.05) is 0 Å². The molecule has 0 spiro atoms. The number of amides is 1. The minimum Gasteiger partial charge on any atom is -0.481 e. The van der Waals surface area contributed by atoms with Gasteiger partial charge in [0.1, 0.15) is 10.6 Å². The molecule has 1 aromatic heterocycles. The summed E-state index contributed by atoms with van der Waals surface area (Å²) in [5, 5.41) is 16.2. The molecular formula is C11H17N3O5S. The lowest BCUT2D eigenvalue weighted by molar-refractivity contribution is -0.137. The van der Waals surface area contributed by atoms with Crippen LogP contribution < -0.4 is 10.5 Å². The monoisotopic (exact) mass is 303 g/mol. The van der Waals surface area contributed by atoms with E-state index in [4.69, 9.17) is 10.2 Å². The molecule has 1 atom stereocenters. The zero-order valence-corrected chi connectivity index (χ0v) is 12.0. The van der Waals surface area contributed by atoms with Crippen molar-refractivity contribution in [3.63, 3.8) is 0 Å². The number of carbonyl (C=O) groups is 2. The van der Waals surface area contributed by atoms with E-state index in [-0.39, 0.29) is 17.0 Å². The number of primary sulfonamides is 1. The molecule has 8 nitrogen and oxygen atoms in total. The first-order valence-electron chi connectivity index (χ1n) is 5.87. The zero-order chi connectivity index (χ0) is 15.5. The summed E-state index contributed by atoms with van der Waals surface area (Å²) in [5.74, 6) is -1.57. The Morgan fingerprint density at radius 2 is 2.10 bits per heavy atom. The number of nitrogens with two attached hydrogens (primary N) is 1. The van der Waals surface area contributed by atoms with Gasteiger partial charge in [0.05, 0.1) is 6.42 Å². The summed E-state index contributed by atoms with van der Waals surface area (Å²) in [6, 6.07) is 0.630. The number of rotatable bonds is 6. The molecule has 0 aromatic carbocycles. The van der Waals surface area contributed by atoms with Crippen molar-refractivity contribution in [2.24, 2.45) is 12.2 Å². The lowest BCUT2D eigenvalue weighted by Crippen LogP contribution is -2.36. The van der Waals surface area contributed by atoms with Gasteiger partial charge in [0.2, 0.25) is 10.0 Å². The molecule has 0 aliphatic carbocycles. The van der Waals surface area contributed by atoms with Crippen LogP contribution >= 0.6 is 0 Å². The van der Waals surface area contributed by atoms with Crippen LogP contribution in [0.1, 0.15) is 30.3 Å². The number of aryl methyl sites for hydroxylation is 1. The molecule has 0 bridgehead atoms. The quantitative estimate of drug-likeness (QED) is 0.661. The van der Waals surface area contributed by atoms with Crippen molar-refractivity contribution in [3.8, 4) is 0 Å². The molecule has 1 rings (SSSR count). The van der Waals surface area contributed by atoms with E-state index in [1.807, 2.05) is 0 Å². The molecule has 0 fully saturated rings. The molecule has 0 saturated carbocycles. The number of carbonyl (C=O) groups excluding carboxylic acids is 1. The second-order valence-electron chi connectivity index (χ2n) is 4.39. The third kappa shape index (κ3) is 4.07. The van der Waals surface area contributed by atoms with Crippen molar-refractivity contribution in [2.45, 2.75) is 30.7 Å². The van der Waals surface area contributed by atoms with Crippen molar-refractivity contribution >= 4 is 21.9 Å². The number of hydrogen-bond acceptors (Lipinski definition) is 4. The van der Waals surface area contributed by atoms with Gasteiger partial charge in [-0.1, -0.05) is 6.92 Å². The zero-order valence-electron chi connectivity index (χ0n) is 11.2. The molecule has 0 aliphatic heterocycles. The highest BCUT2D eigenvalue weighted by molar-refractivity contribution is 7.89. The van der Waals surface area contributed by atoms with Gasteiger partial charge in [0.15, 0.2) is 0 Å². The Labute approximate surface area is 116 Å². The highest BCUT2D eigenvalue weighted by Crippen LogP contribution is 2.12. The molecule has 0 aliphatic rings. The SMILES string of the molecule is CCC(CC(=O)O)NC(=O)c1cc(S(N)(=O)=O)cn1C. The van der Waals surface area contributed by atoms with Crippen LogP contribution in [-0.4, -0.2) is 36.0 Å². The second kappa shape index (κ2) is 6.06. The summed E-state index contributed by atoms with van der Waals surface area (Å²) in [6.45, 7) is 1.74. The molecule has 20 heavy (non-hydrogen) atoms. The fourth-order valence-corrected chi connectivity index (χ4v) is 2.26. The number of nitrogens with one attached hydrogen (secondary N) is 1. The van der Waals surface area contributed by atoms with Gasteiger partial charge in [0.25, 0.3) is 5.91 Å². The predicted octanol–water partition coefficient (Wildman–Crippen LogP) is -0.344. The number of sulfonamides is 1. The topological polar surface area (TPSA) is 131 Å². The summed E-state index contributed by atoms with van der Waals surface area (Å²) >= 11 is 0. The Morgan fingerprint density at radius 1 is 1.50 bits per heavy atom. The number of aromatic nitrogens is 1. The Bertz CT molecular complexity index is 620. The van der Waals surface area contributed by atoms with Crippen LogP contribution in [0.3, 0.4) is 0 Å². The summed E-state index contributed by atoms with van der Waals surface area (Å²) in [6.07, 6.45) is 1.47. The number of carboxylic acid groups (broad SMARTS) is 1. The van der Waals surface area contributed by atoms with Gasteiger partial charge in [-0.3, -0.25) is 9.59 Å². The van der Waals surface area contributed by atoms with E-state index >= 15 is 0 Å². The molecule has 1 unspecified atom stereocenters. The van der Waals surface area contributed by atoms with E-state index < -0.39 is 27.9 Å². The van der Waals surface area contributed by atoms with Crippen LogP contribution in [0.15, 0.2) is 17.2 Å². The summed E-state index contributed by atoms with van der Waals surface area (Å²) in [5.41, 5.74) is 0.0952. The Kier molecular flexibility index (Phi) is 4.90. The first-order chi connectivity index (χ1) is 9.15. The third-order valence-corrected chi connectivity index (χ3v) is 3.67. The van der Waals surface area contributed by atoms with Crippen molar-refractivity contribution in [3.05, 3.63) is 18.0 Å². The van der Waals surface area contributed by atoms with Gasteiger partial charge in [-0.2, -0.15) is 0 Å². The summed E-state index contributed by atoms with van der Waals surface area (Å²) in [7, 11) is -2.38. The maximum absolute atomic E-state index is 12.0. The lowest BCUT2D eigenvalue weighted by atomic mass is 10.1. The molecule has 0 saturated heterocycles. The summed E-state index contributed by atoms with van der Waals surface area (Å²) < 4.78 is 23.7. The minimum atomic E-state index is -3.89. The maximum Gasteiger partial charge on any atom is 0.305 e. The standard InChI is InChI=1S/C11H17N3O5S/c1-3-7(4-10(15)16)13-11(17)9-5-8(6-14(9)2)20(12,18)19/h5-7H,3-4H2,1-2H3,(H,13,17)(H,15,16)(H2,12,18,19). The number of hydrogen-bond donors (Lipinski definition) is 3. The normalized spacial score (nSPS) is 12.9. The molecule has 1 amide bonds. The average Bonchev–Trinajstić information content (AvgIpc) is 2.69. The van der Waals surface area contributed by atoms with E-state index in [1.54, 1.807) is 6.92 Å². The van der Waals surface area contributed by atoms with Gasteiger partial charge >= 0.3 is 5.97 Å². The highest BCUT2D eigenvalue weighted by Gasteiger charge is 2.20. The van der Waals surface area contributed by atoms with Crippen molar-refractivity contribution in [1.82, 2.24) is 9.88 Å². The van der Waals surface area contributed by atoms with Crippen LogP contribution in [-0.2, 0) is 21.9 Å². The van der Waals surface area contributed by atoms with Crippen LogP contribution in [0.2, 0.25) is 0 Å². The Morgan fingerprint density at radius 3 is 2.50 bits per heavy atom. The Hall–Kier alpha value is -1.87. The molecular weight excluding hydrogens is 286 g/mol. The first-order valence-corrected chi connectivity index (χ1v) is 7.41.